The van der Waals surface area contributed by atoms with Gasteiger partial charge in [0.15, 0.2) is 9.84 Å². The molecular formula is C13H16N2O3S. The number of nitrogens with one attached hydrogen (secondary N) is 1. The number of carbonyl (C=O) groups excluding carboxylic acids is 1. The van der Waals surface area contributed by atoms with Gasteiger partial charge >= 0.3 is 0 Å². The molecule has 0 aromatic heterocycles. The van der Waals surface area contributed by atoms with Gasteiger partial charge in [0.1, 0.15) is 0 Å². The molecule has 0 bridgehead atoms. The molecule has 1 aliphatic heterocycles. The van der Waals surface area contributed by atoms with Crippen LogP contribution in [0.3, 0.4) is 0 Å². The van der Waals surface area contributed by atoms with Crippen LogP contribution in [0, 0.1) is 5.41 Å². The van der Waals surface area contributed by atoms with Crippen LogP contribution in [0.25, 0.3) is 0 Å². The molecule has 1 fully saturated rings. The predicted molar refractivity (Wildman–Crippen MR) is 72.4 cm³/mol. The van der Waals surface area contributed by atoms with Gasteiger partial charge in [0.25, 0.3) is 0 Å². The van der Waals surface area contributed by atoms with Crippen LogP contribution >= 0.6 is 0 Å². The van der Waals surface area contributed by atoms with Gasteiger partial charge in [0.05, 0.1) is 21.8 Å². The van der Waals surface area contributed by atoms with Crippen molar-refractivity contribution in [3.8, 4) is 0 Å². The zero-order chi connectivity index (χ0) is 13.7. The van der Waals surface area contributed by atoms with Gasteiger partial charge in [-0.15, -0.1) is 0 Å². The number of hydrogen-bond donors (Lipinski definition) is 2. The largest absolute Gasteiger partial charge is 0.399 e. The third-order valence-corrected chi connectivity index (χ3v) is 6.05. The highest BCUT2D eigenvalue weighted by molar-refractivity contribution is 7.91. The molecule has 3 rings (SSSR count). The average Bonchev–Trinajstić information content (AvgIpc) is 2.74. The Kier molecular flexibility index (Phi) is 2.60. The van der Waals surface area contributed by atoms with Gasteiger partial charge in [0, 0.05) is 5.69 Å². The zero-order valence-electron chi connectivity index (χ0n) is 10.5. The first-order valence-electron chi connectivity index (χ1n) is 6.37. The van der Waals surface area contributed by atoms with Crippen LogP contribution in [0.2, 0.25) is 0 Å². The Morgan fingerprint density at radius 1 is 1.21 bits per heavy atom. The van der Waals surface area contributed by atoms with E-state index in [9.17, 15) is 13.2 Å². The smallest absolute Gasteiger partial charge is 0.231 e. The minimum Gasteiger partial charge on any atom is -0.399 e. The summed E-state index contributed by atoms with van der Waals surface area (Å²) in [6.45, 7) is 0. The summed E-state index contributed by atoms with van der Waals surface area (Å²) in [4.78, 5) is 12.6. The number of sulfone groups is 1. The van der Waals surface area contributed by atoms with Crippen molar-refractivity contribution in [1.82, 2.24) is 0 Å². The monoisotopic (exact) mass is 280 g/mol. The second-order valence-electron chi connectivity index (χ2n) is 5.46. The summed E-state index contributed by atoms with van der Waals surface area (Å²) in [6, 6.07) is 4.54. The van der Waals surface area contributed by atoms with Gasteiger partial charge in [-0.25, -0.2) is 8.42 Å². The summed E-state index contributed by atoms with van der Waals surface area (Å²) in [5, 5.41) is 2.75. The summed E-state index contributed by atoms with van der Waals surface area (Å²) in [5.41, 5.74) is 5.66. The van der Waals surface area contributed by atoms with Crippen LogP contribution in [0.5, 0.6) is 0 Å². The van der Waals surface area contributed by atoms with Crippen LogP contribution in [-0.4, -0.2) is 20.1 Å². The maximum Gasteiger partial charge on any atom is 0.231 e. The highest BCUT2D eigenvalue weighted by atomic mass is 32.2. The fraction of sp³-hybridized carbons (Fsp3) is 0.462. The number of nitrogen functional groups attached to an aromatic ring is 1. The number of fused-ring (bicyclic) bond motifs is 1. The second-order valence-corrected chi connectivity index (χ2v) is 7.41. The lowest BCUT2D eigenvalue weighted by atomic mass is 9.87. The minimum atomic E-state index is -3.46. The van der Waals surface area contributed by atoms with Crippen molar-refractivity contribution in [1.29, 1.82) is 0 Å². The Morgan fingerprint density at radius 2 is 1.89 bits per heavy atom. The van der Waals surface area contributed by atoms with Crippen molar-refractivity contribution in [3.05, 3.63) is 18.2 Å². The molecule has 1 aromatic rings. The van der Waals surface area contributed by atoms with E-state index in [0.717, 1.165) is 12.8 Å². The maximum atomic E-state index is 12.5. The average molecular weight is 280 g/mol. The molecule has 5 nitrogen and oxygen atoms in total. The molecule has 1 aromatic carbocycles. The van der Waals surface area contributed by atoms with Crippen molar-refractivity contribution in [2.75, 3.05) is 16.8 Å². The highest BCUT2D eigenvalue weighted by Crippen LogP contribution is 2.44. The van der Waals surface area contributed by atoms with E-state index in [-0.39, 0.29) is 16.6 Å². The summed E-state index contributed by atoms with van der Waals surface area (Å²) < 4.78 is 25.0. The molecule has 1 amide bonds. The molecule has 102 valence electrons. The number of anilines is 2. The Labute approximate surface area is 112 Å². The van der Waals surface area contributed by atoms with E-state index in [1.54, 1.807) is 6.07 Å². The van der Waals surface area contributed by atoms with Crippen LogP contribution in [0.1, 0.15) is 25.7 Å². The summed E-state index contributed by atoms with van der Waals surface area (Å²) in [5.74, 6) is -0.277. The molecule has 0 saturated heterocycles. The molecular weight excluding hydrogens is 264 g/mol. The van der Waals surface area contributed by atoms with Crippen molar-refractivity contribution < 1.29 is 13.2 Å². The fourth-order valence-electron chi connectivity index (χ4n) is 3.10. The van der Waals surface area contributed by atoms with Gasteiger partial charge < -0.3 is 11.1 Å². The number of hydrogen-bond acceptors (Lipinski definition) is 4. The third-order valence-electron chi connectivity index (χ3n) is 4.10. The quantitative estimate of drug-likeness (QED) is 0.706. The number of rotatable bonds is 0. The molecule has 1 spiro atoms. The molecule has 0 atom stereocenters. The summed E-state index contributed by atoms with van der Waals surface area (Å²) in [6.07, 6.45) is 3.09. The molecule has 1 saturated carbocycles. The maximum absolute atomic E-state index is 12.5. The minimum absolute atomic E-state index is 0.0945. The van der Waals surface area contributed by atoms with Crippen LogP contribution in [0.15, 0.2) is 23.1 Å². The van der Waals surface area contributed by atoms with E-state index in [4.69, 9.17) is 5.73 Å². The number of nitrogens with two attached hydrogens (primary N) is 1. The molecule has 2 aliphatic rings. The second kappa shape index (κ2) is 3.96. The third kappa shape index (κ3) is 1.90. The Morgan fingerprint density at radius 3 is 2.58 bits per heavy atom. The fourth-order valence-corrected chi connectivity index (χ4v) is 5.12. The molecule has 1 heterocycles. The van der Waals surface area contributed by atoms with Gasteiger partial charge in [-0.2, -0.15) is 0 Å². The van der Waals surface area contributed by atoms with E-state index in [1.165, 1.54) is 12.1 Å². The van der Waals surface area contributed by atoms with Gasteiger partial charge in [-0.05, 0) is 31.0 Å². The first-order valence-corrected chi connectivity index (χ1v) is 8.02. The first kappa shape index (κ1) is 12.5. The topological polar surface area (TPSA) is 89.3 Å². The van der Waals surface area contributed by atoms with E-state index in [0.29, 0.717) is 24.2 Å². The van der Waals surface area contributed by atoms with E-state index in [2.05, 4.69) is 5.32 Å². The lowest BCUT2D eigenvalue weighted by Gasteiger charge is -2.23. The standard InChI is InChI=1S/C13H16N2O3S/c14-9-3-4-11-10(7-9)15-12(16)13(5-1-2-6-13)8-19(11,17)18/h3-4,7H,1-2,5-6,8,14H2,(H,15,16). The van der Waals surface area contributed by atoms with Crippen molar-refractivity contribution in [2.24, 2.45) is 5.41 Å². The van der Waals surface area contributed by atoms with Crippen LogP contribution in [0.4, 0.5) is 11.4 Å². The molecule has 3 N–H and O–H groups in total. The highest BCUT2D eigenvalue weighted by Gasteiger charge is 2.47. The number of carbonyl (C=O) groups is 1. The van der Waals surface area contributed by atoms with Gasteiger partial charge in [0.2, 0.25) is 5.91 Å². The predicted octanol–water partition coefficient (Wildman–Crippen LogP) is 1.56. The molecule has 0 radical (unpaired) electrons. The summed E-state index contributed by atoms with van der Waals surface area (Å²) in [7, 11) is -3.46. The zero-order valence-corrected chi connectivity index (χ0v) is 11.3. The first-order chi connectivity index (χ1) is 8.93. The Bertz CT molecular complexity index is 646. The van der Waals surface area contributed by atoms with Gasteiger partial charge in [-0.3, -0.25) is 4.79 Å². The van der Waals surface area contributed by atoms with Gasteiger partial charge in [-0.1, -0.05) is 12.8 Å². The van der Waals surface area contributed by atoms with Crippen molar-refractivity contribution in [2.45, 2.75) is 30.6 Å². The molecule has 6 heteroatoms. The van der Waals surface area contributed by atoms with E-state index in [1.807, 2.05) is 0 Å². The Balaban J connectivity index is 2.16. The van der Waals surface area contributed by atoms with Crippen LogP contribution < -0.4 is 11.1 Å². The summed E-state index contributed by atoms with van der Waals surface area (Å²) >= 11 is 0. The molecule has 19 heavy (non-hydrogen) atoms. The Hall–Kier alpha value is -1.56. The van der Waals surface area contributed by atoms with E-state index < -0.39 is 15.3 Å². The van der Waals surface area contributed by atoms with E-state index >= 15 is 0 Å². The molecule has 0 unspecified atom stereocenters. The van der Waals surface area contributed by atoms with Crippen LogP contribution in [-0.2, 0) is 14.6 Å². The lowest BCUT2D eigenvalue weighted by Crippen LogP contribution is -2.37. The SMILES string of the molecule is Nc1ccc2c(c1)NC(=O)C1(CCCC1)CS2(=O)=O. The van der Waals surface area contributed by atoms with Crippen molar-refractivity contribution >= 4 is 27.1 Å². The number of amides is 1. The molecule has 1 aliphatic carbocycles. The normalized spacial score (nSPS) is 23.7. The lowest BCUT2D eigenvalue weighted by molar-refractivity contribution is -0.124. The van der Waals surface area contributed by atoms with Crippen molar-refractivity contribution in [3.63, 3.8) is 0 Å². The number of benzene rings is 1.